The van der Waals surface area contributed by atoms with Crippen LogP contribution >= 0.6 is 22.9 Å². The standard InChI is InChI=1S/C19H18ClN3O4S2/c1-13-5-6-18(28-13)29(25,26)23-9-7-22(8-10-23)19(24)16-12-17(27-21-16)14-3-2-4-15(20)11-14/h2-6,11-12H,7-10H2,1H3. The molecule has 10 heteroatoms. The molecule has 1 amide bonds. The molecule has 1 saturated heterocycles. The van der Waals surface area contributed by atoms with Gasteiger partial charge in [-0.2, -0.15) is 4.31 Å². The Morgan fingerprint density at radius 1 is 1.14 bits per heavy atom. The molecule has 0 unspecified atom stereocenters. The van der Waals surface area contributed by atoms with Crippen LogP contribution in [0, 0.1) is 6.92 Å². The van der Waals surface area contributed by atoms with Gasteiger partial charge in [0.05, 0.1) is 0 Å². The molecule has 0 N–H and O–H groups in total. The highest BCUT2D eigenvalue weighted by Crippen LogP contribution is 2.26. The molecule has 7 nitrogen and oxygen atoms in total. The highest BCUT2D eigenvalue weighted by Gasteiger charge is 2.32. The van der Waals surface area contributed by atoms with Gasteiger partial charge in [-0.15, -0.1) is 11.3 Å². The minimum Gasteiger partial charge on any atom is -0.355 e. The Kier molecular flexibility index (Phi) is 5.48. The molecule has 3 aromatic rings. The maximum Gasteiger partial charge on any atom is 0.276 e. The Morgan fingerprint density at radius 3 is 2.55 bits per heavy atom. The van der Waals surface area contributed by atoms with Crippen molar-refractivity contribution in [2.45, 2.75) is 11.1 Å². The van der Waals surface area contributed by atoms with Crippen molar-refractivity contribution in [1.82, 2.24) is 14.4 Å². The van der Waals surface area contributed by atoms with Crippen LogP contribution in [-0.4, -0.2) is 54.9 Å². The van der Waals surface area contributed by atoms with Crippen LogP contribution in [0.15, 0.2) is 51.2 Å². The number of sulfonamides is 1. The number of aryl methyl sites for hydroxylation is 1. The van der Waals surface area contributed by atoms with Gasteiger partial charge in [0, 0.05) is 47.7 Å². The fraction of sp³-hybridized carbons (Fsp3) is 0.263. The monoisotopic (exact) mass is 451 g/mol. The Balaban J connectivity index is 1.43. The van der Waals surface area contributed by atoms with Crippen molar-refractivity contribution in [2.24, 2.45) is 0 Å². The number of amides is 1. The number of carbonyl (C=O) groups excluding carboxylic acids is 1. The maximum absolute atomic E-state index is 12.8. The van der Waals surface area contributed by atoms with Gasteiger partial charge in [0.1, 0.15) is 4.21 Å². The summed E-state index contributed by atoms with van der Waals surface area (Å²) >= 11 is 7.24. The van der Waals surface area contributed by atoms with Crippen LogP contribution in [0.3, 0.4) is 0 Å². The number of halogens is 1. The van der Waals surface area contributed by atoms with Crippen LogP contribution in [0.25, 0.3) is 11.3 Å². The fourth-order valence-electron chi connectivity index (χ4n) is 3.13. The first-order chi connectivity index (χ1) is 13.8. The zero-order valence-corrected chi connectivity index (χ0v) is 17.9. The first kappa shape index (κ1) is 20.1. The Labute approximate surface area is 177 Å². The molecule has 2 aromatic heterocycles. The third-order valence-corrected chi connectivity index (χ3v) is 8.28. The number of aromatic nitrogens is 1. The smallest absolute Gasteiger partial charge is 0.276 e. The van der Waals surface area contributed by atoms with E-state index in [1.807, 2.05) is 13.0 Å². The second kappa shape index (κ2) is 7.91. The van der Waals surface area contributed by atoms with E-state index in [2.05, 4.69) is 5.16 Å². The van der Waals surface area contributed by atoms with E-state index in [4.69, 9.17) is 16.1 Å². The average molecular weight is 452 g/mol. The van der Waals surface area contributed by atoms with Gasteiger partial charge in [0.25, 0.3) is 15.9 Å². The summed E-state index contributed by atoms with van der Waals surface area (Å²) in [5.41, 5.74) is 0.913. The van der Waals surface area contributed by atoms with E-state index < -0.39 is 10.0 Å². The summed E-state index contributed by atoms with van der Waals surface area (Å²) in [5, 5.41) is 4.44. The number of piperazine rings is 1. The van der Waals surface area contributed by atoms with Crippen molar-refractivity contribution in [3.8, 4) is 11.3 Å². The Hall–Kier alpha value is -2.20. The topological polar surface area (TPSA) is 83.7 Å². The lowest BCUT2D eigenvalue weighted by atomic mass is 10.1. The van der Waals surface area contributed by atoms with Gasteiger partial charge >= 0.3 is 0 Å². The summed E-state index contributed by atoms with van der Waals surface area (Å²) in [4.78, 5) is 15.3. The predicted molar refractivity (Wildman–Crippen MR) is 111 cm³/mol. The van der Waals surface area contributed by atoms with Gasteiger partial charge < -0.3 is 9.42 Å². The van der Waals surface area contributed by atoms with Crippen LogP contribution in [0.4, 0.5) is 0 Å². The second-order valence-corrected chi connectivity index (χ2v) is 10.5. The summed E-state index contributed by atoms with van der Waals surface area (Å²) in [5.74, 6) is 0.163. The molecule has 152 valence electrons. The van der Waals surface area contributed by atoms with Gasteiger partial charge in [0.2, 0.25) is 0 Å². The third kappa shape index (κ3) is 4.09. The van der Waals surface area contributed by atoms with Crippen molar-refractivity contribution in [2.75, 3.05) is 26.2 Å². The molecular weight excluding hydrogens is 434 g/mol. The van der Waals surface area contributed by atoms with E-state index in [0.717, 1.165) is 10.4 Å². The first-order valence-electron chi connectivity index (χ1n) is 8.93. The van der Waals surface area contributed by atoms with Crippen molar-refractivity contribution < 1.29 is 17.7 Å². The van der Waals surface area contributed by atoms with Crippen LogP contribution in [-0.2, 0) is 10.0 Å². The van der Waals surface area contributed by atoms with Crippen molar-refractivity contribution in [3.63, 3.8) is 0 Å². The molecule has 1 aliphatic heterocycles. The molecule has 0 radical (unpaired) electrons. The van der Waals surface area contributed by atoms with E-state index in [-0.39, 0.29) is 24.7 Å². The van der Waals surface area contributed by atoms with E-state index >= 15 is 0 Å². The molecule has 0 bridgehead atoms. The van der Waals surface area contributed by atoms with Crippen molar-refractivity contribution in [3.05, 3.63) is 58.1 Å². The fourth-order valence-corrected chi connectivity index (χ4v) is 6.18. The van der Waals surface area contributed by atoms with Crippen LogP contribution in [0.1, 0.15) is 15.4 Å². The number of carbonyl (C=O) groups is 1. The van der Waals surface area contributed by atoms with E-state index in [0.29, 0.717) is 28.1 Å². The molecule has 1 aromatic carbocycles. The molecule has 0 spiro atoms. The highest BCUT2D eigenvalue weighted by atomic mass is 35.5. The van der Waals surface area contributed by atoms with Gasteiger partial charge in [0.15, 0.2) is 11.5 Å². The molecule has 0 aliphatic carbocycles. The lowest BCUT2D eigenvalue weighted by Crippen LogP contribution is -2.50. The number of nitrogens with zero attached hydrogens (tertiary/aromatic N) is 3. The first-order valence-corrected chi connectivity index (χ1v) is 11.6. The molecule has 1 aliphatic rings. The summed E-state index contributed by atoms with van der Waals surface area (Å²) in [6, 6.07) is 12.1. The summed E-state index contributed by atoms with van der Waals surface area (Å²) in [6.07, 6.45) is 0. The van der Waals surface area contributed by atoms with Crippen LogP contribution in [0.5, 0.6) is 0 Å². The maximum atomic E-state index is 12.8. The molecule has 0 saturated carbocycles. The minimum absolute atomic E-state index is 0.185. The normalized spacial score (nSPS) is 15.6. The minimum atomic E-state index is -3.52. The highest BCUT2D eigenvalue weighted by molar-refractivity contribution is 7.91. The zero-order valence-electron chi connectivity index (χ0n) is 15.5. The molecule has 1 fully saturated rings. The Morgan fingerprint density at radius 2 is 1.90 bits per heavy atom. The lowest BCUT2D eigenvalue weighted by molar-refractivity contribution is 0.0687. The number of benzene rings is 1. The number of rotatable bonds is 4. The SMILES string of the molecule is Cc1ccc(S(=O)(=O)N2CCN(C(=O)c3cc(-c4cccc(Cl)c4)on3)CC2)s1. The van der Waals surface area contributed by atoms with E-state index in [1.54, 1.807) is 41.3 Å². The van der Waals surface area contributed by atoms with Gasteiger partial charge in [-0.1, -0.05) is 28.9 Å². The summed E-state index contributed by atoms with van der Waals surface area (Å²) in [6.45, 7) is 2.94. The summed E-state index contributed by atoms with van der Waals surface area (Å²) < 4.78 is 32.5. The number of hydrogen-bond acceptors (Lipinski definition) is 6. The number of hydrogen-bond donors (Lipinski definition) is 0. The van der Waals surface area contributed by atoms with Crippen LogP contribution < -0.4 is 0 Å². The van der Waals surface area contributed by atoms with E-state index in [1.165, 1.54) is 15.6 Å². The molecule has 4 rings (SSSR count). The molecular formula is C19H18ClN3O4S2. The molecule has 3 heterocycles. The predicted octanol–water partition coefficient (Wildman–Crippen LogP) is 3.51. The van der Waals surface area contributed by atoms with Crippen molar-refractivity contribution >= 4 is 38.9 Å². The van der Waals surface area contributed by atoms with Gasteiger partial charge in [-0.3, -0.25) is 4.79 Å². The molecule has 0 atom stereocenters. The molecule has 29 heavy (non-hydrogen) atoms. The largest absolute Gasteiger partial charge is 0.355 e. The zero-order chi connectivity index (χ0) is 20.6. The van der Waals surface area contributed by atoms with E-state index in [9.17, 15) is 13.2 Å². The Bertz CT molecular complexity index is 1150. The number of thiophene rings is 1. The third-order valence-electron chi connectivity index (χ3n) is 4.67. The average Bonchev–Trinajstić information content (AvgIpc) is 3.37. The summed E-state index contributed by atoms with van der Waals surface area (Å²) in [7, 11) is -3.52. The quantitative estimate of drug-likeness (QED) is 0.606. The lowest BCUT2D eigenvalue weighted by Gasteiger charge is -2.33. The van der Waals surface area contributed by atoms with Gasteiger partial charge in [-0.05, 0) is 31.2 Å². The second-order valence-electron chi connectivity index (χ2n) is 6.65. The van der Waals surface area contributed by atoms with Gasteiger partial charge in [-0.25, -0.2) is 8.42 Å². The van der Waals surface area contributed by atoms with Crippen molar-refractivity contribution in [1.29, 1.82) is 0 Å². The van der Waals surface area contributed by atoms with Crippen LogP contribution in [0.2, 0.25) is 5.02 Å².